The molecule has 0 radical (unpaired) electrons. The average molecular weight is 318 g/mol. The lowest BCUT2D eigenvalue weighted by molar-refractivity contribution is -0.115. The third kappa shape index (κ3) is 4.09. The van der Waals surface area contributed by atoms with Crippen LogP contribution in [-0.2, 0) is 16.0 Å². The number of amides is 1. The van der Waals surface area contributed by atoms with E-state index in [9.17, 15) is 9.59 Å². The van der Waals surface area contributed by atoms with E-state index in [0.29, 0.717) is 16.3 Å². The fraction of sp³-hybridized carbons (Fsp3) is 0.176. The van der Waals surface area contributed by atoms with Gasteiger partial charge in [-0.1, -0.05) is 29.8 Å². The molecule has 0 spiro atoms. The van der Waals surface area contributed by atoms with Gasteiger partial charge in [-0.25, -0.2) is 4.79 Å². The van der Waals surface area contributed by atoms with Crippen molar-refractivity contribution in [1.82, 2.24) is 0 Å². The van der Waals surface area contributed by atoms with Gasteiger partial charge in [-0.3, -0.25) is 4.79 Å². The Morgan fingerprint density at radius 3 is 2.64 bits per heavy atom. The number of methoxy groups -OCH3 is 1. The molecule has 1 N–H and O–H groups in total. The van der Waals surface area contributed by atoms with E-state index in [0.717, 1.165) is 11.1 Å². The molecule has 0 saturated heterocycles. The second kappa shape index (κ2) is 7.09. The summed E-state index contributed by atoms with van der Waals surface area (Å²) in [6, 6.07) is 12.2. The number of hydrogen-bond acceptors (Lipinski definition) is 3. The van der Waals surface area contributed by atoms with Crippen molar-refractivity contribution in [3.05, 3.63) is 64.2 Å². The Bertz CT molecular complexity index is 713. The van der Waals surface area contributed by atoms with Gasteiger partial charge < -0.3 is 10.1 Å². The first-order chi connectivity index (χ1) is 10.5. The van der Waals surface area contributed by atoms with Crippen LogP contribution in [0.25, 0.3) is 0 Å². The second-order valence-corrected chi connectivity index (χ2v) is 5.31. The van der Waals surface area contributed by atoms with Crippen molar-refractivity contribution in [2.75, 3.05) is 12.4 Å². The topological polar surface area (TPSA) is 55.4 Å². The van der Waals surface area contributed by atoms with E-state index in [1.165, 1.54) is 7.11 Å². The minimum atomic E-state index is -0.439. The summed E-state index contributed by atoms with van der Waals surface area (Å²) < 4.78 is 4.68. The molecule has 0 atom stereocenters. The summed E-state index contributed by atoms with van der Waals surface area (Å²) >= 11 is 5.90. The zero-order valence-electron chi connectivity index (χ0n) is 12.4. The number of ether oxygens (including phenoxy) is 1. The number of esters is 1. The normalized spacial score (nSPS) is 10.1. The zero-order chi connectivity index (χ0) is 16.1. The molecule has 5 heteroatoms. The van der Waals surface area contributed by atoms with Crippen LogP contribution in [0.4, 0.5) is 5.69 Å². The van der Waals surface area contributed by atoms with Crippen LogP contribution >= 0.6 is 11.6 Å². The van der Waals surface area contributed by atoms with Gasteiger partial charge in [-0.05, 0) is 42.3 Å². The number of benzene rings is 2. The lowest BCUT2D eigenvalue weighted by Crippen LogP contribution is -2.15. The Kier molecular flexibility index (Phi) is 5.17. The van der Waals surface area contributed by atoms with Crippen LogP contribution in [0.2, 0.25) is 5.02 Å². The Labute approximate surface area is 134 Å². The highest BCUT2D eigenvalue weighted by Crippen LogP contribution is 2.18. The van der Waals surface area contributed by atoms with Crippen LogP contribution < -0.4 is 5.32 Å². The smallest absolute Gasteiger partial charge is 0.337 e. The highest BCUT2D eigenvalue weighted by atomic mass is 35.5. The first-order valence-electron chi connectivity index (χ1n) is 6.73. The summed E-state index contributed by atoms with van der Waals surface area (Å²) in [6.45, 7) is 1.86. The lowest BCUT2D eigenvalue weighted by Gasteiger charge is -2.10. The number of carbonyl (C=O) groups is 2. The number of rotatable bonds is 4. The van der Waals surface area contributed by atoms with Crippen molar-refractivity contribution in [2.24, 2.45) is 0 Å². The largest absolute Gasteiger partial charge is 0.465 e. The third-order valence-corrected chi connectivity index (χ3v) is 3.42. The van der Waals surface area contributed by atoms with Crippen LogP contribution in [0, 0.1) is 6.92 Å². The van der Waals surface area contributed by atoms with Gasteiger partial charge in [-0.2, -0.15) is 0 Å². The summed E-state index contributed by atoms with van der Waals surface area (Å²) in [4.78, 5) is 23.7. The number of halogens is 1. The minimum Gasteiger partial charge on any atom is -0.465 e. The van der Waals surface area contributed by atoms with Crippen molar-refractivity contribution in [3.63, 3.8) is 0 Å². The van der Waals surface area contributed by atoms with E-state index in [2.05, 4.69) is 10.1 Å². The monoisotopic (exact) mass is 317 g/mol. The van der Waals surface area contributed by atoms with Crippen molar-refractivity contribution >= 4 is 29.2 Å². The van der Waals surface area contributed by atoms with Gasteiger partial charge >= 0.3 is 5.97 Å². The molecule has 0 aliphatic rings. The van der Waals surface area contributed by atoms with Gasteiger partial charge in [-0.15, -0.1) is 0 Å². The maximum atomic E-state index is 12.1. The van der Waals surface area contributed by atoms with Crippen molar-refractivity contribution < 1.29 is 14.3 Å². The molecule has 0 aromatic heterocycles. The molecule has 0 fully saturated rings. The number of carbonyl (C=O) groups excluding carboxylic acids is 2. The van der Waals surface area contributed by atoms with Gasteiger partial charge in [0.25, 0.3) is 0 Å². The van der Waals surface area contributed by atoms with E-state index in [1.807, 2.05) is 13.0 Å². The highest BCUT2D eigenvalue weighted by Gasteiger charge is 2.11. The molecule has 4 nitrogen and oxygen atoms in total. The van der Waals surface area contributed by atoms with Crippen LogP contribution in [0.1, 0.15) is 21.5 Å². The Balaban J connectivity index is 2.12. The van der Waals surface area contributed by atoms with E-state index >= 15 is 0 Å². The van der Waals surface area contributed by atoms with Crippen molar-refractivity contribution in [2.45, 2.75) is 13.3 Å². The highest BCUT2D eigenvalue weighted by molar-refractivity contribution is 6.30. The molecule has 0 saturated carbocycles. The van der Waals surface area contributed by atoms with Gasteiger partial charge in [0.05, 0.1) is 19.1 Å². The molecule has 0 heterocycles. The summed E-state index contributed by atoms with van der Waals surface area (Å²) in [6.07, 6.45) is 0.211. The summed E-state index contributed by atoms with van der Waals surface area (Å²) in [5.41, 5.74) is 2.68. The van der Waals surface area contributed by atoms with E-state index in [-0.39, 0.29) is 12.3 Å². The Hall–Kier alpha value is -2.33. The van der Waals surface area contributed by atoms with Crippen LogP contribution in [0.15, 0.2) is 42.5 Å². The molecule has 0 aliphatic carbocycles. The Morgan fingerprint density at radius 2 is 1.95 bits per heavy atom. The fourth-order valence-electron chi connectivity index (χ4n) is 2.03. The van der Waals surface area contributed by atoms with E-state index in [1.54, 1.807) is 36.4 Å². The van der Waals surface area contributed by atoms with Crippen LogP contribution in [0.5, 0.6) is 0 Å². The standard InChI is InChI=1S/C17H16ClNO3/c1-11-6-7-13(17(21)22-2)10-15(11)19-16(20)9-12-4-3-5-14(18)8-12/h3-8,10H,9H2,1-2H3,(H,19,20). The number of hydrogen-bond donors (Lipinski definition) is 1. The SMILES string of the molecule is COC(=O)c1ccc(C)c(NC(=O)Cc2cccc(Cl)c2)c1. The average Bonchev–Trinajstić information content (AvgIpc) is 2.48. The van der Waals surface area contributed by atoms with Gasteiger partial charge in [0.2, 0.25) is 5.91 Å². The summed E-state index contributed by atoms with van der Waals surface area (Å²) in [7, 11) is 1.32. The molecule has 2 rings (SSSR count). The molecule has 0 aliphatic heterocycles. The fourth-order valence-corrected chi connectivity index (χ4v) is 2.24. The quantitative estimate of drug-likeness (QED) is 0.876. The molecule has 2 aromatic carbocycles. The van der Waals surface area contributed by atoms with Crippen molar-refractivity contribution in [1.29, 1.82) is 0 Å². The van der Waals surface area contributed by atoms with Gasteiger partial charge in [0.15, 0.2) is 0 Å². The molecular weight excluding hydrogens is 302 g/mol. The van der Waals surface area contributed by atoms with E-state index in [4.69, 9.17) is 11.6 Å². The third-order valence-electron chi connectivity index (χ3n) is 3.19. The lowest BCUT2D eigenvalue weighted by atomic mass is 10.1. The maximum absolute atomic E-state index is 12.1. The molecule has 114 valence electrons. The first-order valence-corrected chi connectivity index (χ1v) is 7.10. The molecule has 1 amide bonds. The Morgan fingerprint density at radius 1 is 1.18 bits per heavy atom. The molecule has 22 heavy (non-hydrogen) atoms. The van der Waals surface area contributed by atoms with Crippen molar-refractivity contribution in [3.8, 4) is 0 Å². The first kappa shape index (κ1) is 16.0. The van der Waals surface area contributed by atoms with Gasteiger partial charge in [0.1, 0.15) is 0 Å². The predicted molar refractivity (Wildman–Crippen MR) is 86.3 cm³/mol. The van der Waals surface area contributed by atoms with Crippen LogP contribution in [0.3, 0.4) is 0 Å². The molecular formula is C17H16ClNO3. The summed E-state index contributed by atoms with van der Waals surface area (Å²) in [5.74, 6) is -0.613. The van der Waals surface area contributed by atoms with Gasteiger partial charge in [0, 0.05) is 10.7 Å². The molecule has 0 bridgehead atoms. The zero-order valence-corrected chi connectivity index (χ0v) is 13.1. The molecule has 0 unspecified atom stereocenters. The minimum absolute atomic E-state index is 0.174. The second-order valence-electron chi connectivity index (χ2n) is 4.88. The van der Waals surface area contributed by atoms with E-state index < -0.39 is 5.97 Å². The number of nitrogens with one attached hydrogen (secondary N) is 1. The maximum Gasteiger partial charge on any atom is 0.337 e. The molecule has 2 aromatic rings. The number of aryl methyl sites for hydroxylation is 1. The van der Waals surface area contributed by atoms with Crippen LogP contribution in [-0.4, -0.2) is 19.0 Å². The summed E-state index contributed by atoms with van der Waals surface area (Å²) in [5, 5.41) is 3.40. The predicted octanol–water partition coefficient (Wildman–Crippen LogP) is 3.62. The number of anilines is 1.